The van der Waals surface area contributed by atoms with Crippen LogP contribution in [0, 0.1) is 15.2 Å². The van der Waals surface area contributed by atoms with Gasteiger partial charge in [0.15, 0.2) is 5.78 Å². The second kappa shape index (κ2) is 14.6. The minimum Gasteiger partial charge on any atom is -0.390 e. The molecule has 0 radical (unpaired) electrons. The molecular weight excluding hydrogens is 655 g/mol. The Morgan fingerprint density at radius 2 is 1.65 bits per heavy atom. The van der Waals surface area contributed by atoms with Crippen molar-refractivity contribution in [3.05, 3.63) is 98.6 Å². The lowest BCUT2D eigenvalue weighted by atomic mass is 9.99. The van der Waals surface area contributed by atoms with Crippen molar-refractivity contribution < 1.29 is 31.9 Å². The number of Topliss-reactive ketones (excluding diaryl/α,β-unsaturated/α-hetero) is 1. The summed E-state index contributed by atoms with van der Waals surface area (Å²) in [5.74, 6) is -2.57. The monoisotopic (exact) mass is 685 g/mol. The van der Waals surface area contributed by atoms with E-state index in [-0.39, 0.29) is 42.6 Å². The third-order valence-electron chi connectivity index (χ3n) is 5.86. The lowest BCUT2D eigenvalue weighted by Crippen LogP contribution is -2.48. The molecular formula is C28H30F2IN3O5S. The summed E-state index contributed by atoms with van der Waals surface area (Å²) in [6.45, 7) is 0.538. The Labute approximate surface area is 245 Å². The summed E-state index contributed by atoms with van der Waals surface area (Å²) in [5.41, 5.74) is 1.47. The van der Waals surface area contributed by atoms with Crippen LogP contribution in [0.15, 0.2) is 66.7 Å². The number of sulfonamides is 1. The zero-order chi connectivity index (χ0) is 29.3. The van der Waals surface area contributed by atoms with Crippen LogP contribution in [0.2, 0.25) is 0 Å². The summed E-state index contributed by atoms with van der Waals surface area (Å²) < 4.78 is 54.2. The highest BCUT2D eigenvalue weighted by Crippen LogP contribution is 2.19. The standard InChI is InChI=1S/C28H30F2IN3O5S/c1-40(38,39)34-24-8-3-2-7-23(24)26(35)9-10-28(37)33-25(14-19-11-20(29)15-21(30)12-19)27(36)17-32-16-18-5-4-6-22(31)13-18/h2-8,11-13,15,25,27,32,34,36H,9-10,14,16-17H2,1H3,(H,33,37). The topological polar surface area (TPSA) is 125 Å². The largest absolute Gasteiger partial charge is 0.390 e. The van der Waals surface area contributed by atoms with Gasteiger partial charge in [0, 0.05) is 41.1 Å². The molecule has 40 heavy (non-hydrogen) atoms. The lowest BCUT2D eigenvalue weighted by Gasteiger charge is -2.25. The highest BCUT2D eigenvalue weighted by Gasteiger charge is 2.23. The molecule has 0 aliphatic heterocycles. The molecule has 3 aromatic rings. The molecule has 3 aromatic carbocycles. The number of carbonyl (C=O) groups excluding carboxylic acids is 2. The van der Waals surface area contributed by atoms with E-state index in [0.29, 0.717) is 6.54 Å². The fourth-order valence-corrected chi connectivity index (χ4v) is 5.26. The first-order chi connectivity index (χ1) is 18.9. The van der Waals surface area contributed by atoms with Gasteiger partial charge in [-0.25, -0.2) is 17.2 Å². The predicted octanol–water partition coefficient (Wildman–Crippen LogP) is 3.78. The van der Waals surface area contributed by atoms with Crippen LogP contribution in [0.1, 0.15) is 34.3 Å². The van der Waals surface area contributed by atoms with Gasteiger partial charge in [-0.05, 0) is 76.5 Å². The van der Waals surface area contributed by atoms with Crippen molar-refractivity contribution in [3.8, 4) is 0 Å². The summed E-state index contributed by atoms with van der Waals surface area (Å²) in [7, 11) is -3.62. The summed E-state index contributed by atoms with van der Waals surface area (Å²) in [6.07, 6.45) is -0.679. The molecule has 2 atom stereocenters. The third-order valence-corrected chi connectivity index (χ3v) is 7.12. The number of aliphatic hydroxyl groups is 1. The van der Waals surface area contributed by atoms with E-state index in [2.05, 4.69) is 37.9 Å². The fourth-order valence-electron chi connectivity index (χ4n) is 4.08. The maximum atomic E-state index is 13.8. The van der Waals surface area contributed by atoms with Crippen LogP contribution < -0.4 is 15.4 Å². The molecule has 0 spiro atoms. The Bertz CT molecular complexity index is 1440. The van der Waals surface area contributed by atoms with E-state index in [0.717, 1.165) is 33.6 Å². The molecule has 0 aliphatic rings. The molecule has 0 heterocycles. The van der Waals surface area contributed by atoms with Crippen LogP contribution in [-0.4, -0.2) is 50.2 Å². The number of anilines is 1. The van der Waals surface area contributed by atoms with Crippen LogP contribution in [0.4, 0.5) is 14.5 Å². The van der Waals surface area contributed by atoms with Crippen molar-refractivity contribution in [1.82, 2.24) is 10.6 Å². The lowest BCUT2D eigenvalue weighted by molar-refractivity contribution is -0.122. The van der Waals surface area contributed by atoms with E-state index in [1.165, 1.54) is 12.1 Å². The van der Waals surface area contributed by atoms with Gasteiger partial charge in [0.1, 0.15) is 11.6 Å². The maximum absolute atomic E-state index is 13.8. The first-order valence-corrected chi connectivity index (χ1v) is 15.3. The number of ketones is 1. The second-order valence-electron chi connectivity index (χ2n) is 9.33. The molecule has 0 bridgehead atoms. The third kappa shape index (κ3) is 10.6. The van der Waals surface area contributed by atoms with E-state index < -0.39 is 45.5 Å². The van der Waals surface area contributed by atoms with Gasteiger partial charge in [0.25, 0.3) is 0 Å². The summed E-state index contributed by atoms with van der Waals surface area (Å²) in [6, 6.07) is 15.9. The van der Waals surface area contributed by atoms with Gasteiger partial charge in [0.2, 0.25) is 15.9 Å². The minimum atomic E-state index is -3.62. The Hall–Kier alpha value is -2.94. The summed E-state index contributed by atoms with van der Waals surface area (Å²) in [4.78, 5) is 25.6. The van der Waals surface area contributed by atoms with Crippen molar-refractivity contribution in [3.63, 3.8) is 0 Å². The van der Waals surface area contributed by atoms with Crippen molar-refractivity contribution in [2.45, 2.75) is 38.0 Å². The number of hydrogen-bond donors (Lipinski definition) is 4. The van der Waals surface area contributed by atoms with Crippen molar-refractivity contribution in [1.29, 1.82) is 0 Å². The molecule has 0 aliphatic carbocycles. The number of para-hydroxylation sites is 1. The molecule has 1 amide bonds. The predicted molar refractivity (Wildman–Crippen MR) is 157 cm³/mol. The van der Waals surface area contributed by atoms with E-state index in [1.54, 1.807) is 12.1 Å². The Balaban J connectivity index is 1.66. The molecule has 4 N–H and O–H groups in total. The second-order valence-corrected chi connectivity index (χ2v) is 12.3. The van der Waals surface area contributed by atoms with Crippen LogP contribution in [0.5, 0.6) is 0 Å². The summed E-state index contributed by atoms with van der Waals surface area (Å²) >= 11 is 2.20. The van der Waals surface area contributed by atoms with Gasteiger partial charge in [-0.15, -0.1) is 0 Å². The number of rotatable bonds is 14. The Morgan fingerprint density at radius 3 is 2.33 bits per heavy atom. The van der Waals surface area contributed by atoms with E-state index in [4.69, 9.17) is 0 Å². The van der Waals surface area contributed by atoms with Gasteiger partial charge >= 0.3 is 0 Å². The zero-order valence-electron chi connectivity index (χ0n) is 21.7. The number of halogens is 3. The van der Waals surface area contributed by atoms with Gasteiger partial charge in [-0.3, -0.25) is 14.3 Å². The molecule has 0 saturated carbocycles. The molecule has 12 heteroatoms. The Kier molecular flexibility index (Phi) is 11.5. The highest BCUT2D eigenvalue weighted by atomic mass is 127. The molecule has 2 unspecified atom stereocenters. The number of carbonyl (C=O) groups is 2. The first kappa shape index (κ1) is 31.6. The van der Waals surface area contributed by atoms with Crippen LogP contribution in [0.3, 0.4) is 0 Å². The number of benzene rings is 3. The highest BCUT2D eigenvalue weighted by molar-refractivity contribution is 14.1. The van der Waals surface area contributed by atoms with Gasteiger partial charge in [0.05, 0.1) is 24.1 Å². The Morgan fingerprint density at radius 1 is 0.950 bits per heavy atom. The van der Waals surface area contributed by atoms with Crippen LogP contribution in [-0.2, 0) is 27.8 Å². The number of amides is 1. The minimum absolute atomic E-state index is 0.0540. The molecule has 0 fully saturated rings. The van der Waals surface area contributed by atoms with Crippen molar-refractivity contribution in [2.24, 2.45) is 0 Å². The molecule has 0 aromatic heterocycles. The van der Waals surface area contributed by atoms with Gasteiger partial charge < -0.3 is 15.7 Å². The average molecular weight is 686 g/mol. The van der Waals surface area contributed by atoms with Crippen molar-refractivity contribution in [2.75, 3.05) is 17.5 Å². The van der Waals surface area contributed by atoms with E-state index in [9.17, 15) is 31.9 Å². The van der Waals surface area contributed by atoms with Crippen molar-refractivity contribution >= 4 is 50.0 Å². The first-order valence-electron chi connectivity index (χ1n) is 12.4. The van der Waals surface area contributed by atoms with Crippen LogP contribution in [0.25, 0.3) is 0 Å². The number of hydrogen-bond acceptors (Lipinski definition) is 6. The zero-order valence-corrected chi connectivity index (χ0v) is 24.6. The quantitative estimate of drug-likeness (QED) is 0.151. The summed E-state index contributed by atoms with van der Waals surface area (Å²) in [5, 5.41) is 16.7. The number of aliphatic hydroxyl groups excluding tert-OH is 1. The SMILES string of the molecule is CS(=O)(=O)Nc1ccccc1C(=O)CCC(=O)NC(Cc1cc(F)cc(F)c1)C(O)CNCc1cccc(I)c1. The maximum Gasteiger partial charge on any atom is 0.229 e. The molecule has 0 saturated heterocycles. The molecule has 3 rings (SSSR count). The smallest absolute Gasteiger partial charge is 0.229 e. The normalized spacial score (nSPS) is 12.9. The van der Waals surface area contributed by atoms with Gasteiger partial charge in [-0.2, -0.15) is 0 Å². The fraction of sp³-hybridized carbons (Fsp3) is 0.286. The van der Waals surface area contributed by atoms with Gasteiger partial charge in [-0.1, -0.05) is 24.3 Å². The van der Waals surface area contributed by atoms with Crippen LogP contribution >= 0.6 is 22.6 Å². The average Bonchev–Trinajstić information content (AvgIpc) is 2.85. The van der Waals surface area contributed by atoms with E-state index in [1.807, 2.05) is 24.3 Å². The molecule has 214 valence electrons. The molecule has 8 nitrogen and oxygen atoms in total. The van der Waals surface area contributed by atoms with E-state index >= 15 is 0 Å². The number of nitrogens with one attached hydrogen (secondary N) is 3.